The van der Waals surface area contributed by atoms with Crippen LogP contribution in [0.15, 0.2) is 123 Å². The van der Waals surface area contributed by atoms with Crippen LogP contribution >= 0.6 is 0 Å². The average molecular weight is 676 g/mol. The fourth-order valence-electron chi connectivity index (χ4n) is 6.80. The third-order valence-electron chi connectivity index (χ3n) is 10.0. The lowest BCUT2D eigenvalue weighted by molar-refractivity contribution is 0.356. The molecule has 0 spiro atoms. The summed E-state index contributed by atoms with van der Waals surface area (Å²) in [5.41, 5.74) is 9.49. The number of unbranched alkanes of at least 4 members (excludes halogenated alkanes) is 1. The van der Waals surface area contributed by atoms with Gasteiger partial charge in [0.2, 0.25) is 0 Å². The van der Waals surface area contributed by atoms with Gasteiger partial charge in [0.05, 0.1) is 0 Å². The number of benzene rings is 3. The van der Waals surface area contributed by atoms with Crippen molar-refractivity contribution < 1.29 is 0 Å². The van der Waals surface area contributed by atoms with Crippen molar-refractivity contribution in [2.45, 2.75) is 131 Å². The van der Waals surface area contributed by atoms with Crippen molar-refractivity contribution in [2.75, 3.05) is 6.54 Å². The van der Waals surface area contributed by atoms with Gasteiger partial charge in [0, 0.05) is 18.2 Å². The molecule has 0 heterocycles. The lowest BCUT2D eigenvalue weighted by atomic mass is 9.83. The molecule has 3 aromatic carbocycles. The Morgan fingerprint density at radius 1 is 0.820 bits per heavy atom. The van der Waals surface area contributed by atoms with E-state index in [-0.39, 0.29) is 0 Å². The maximum atomic E-state index is 4.29. The highest BCUT2D eigenvalue weighted by Crippen LogP contribution is 2.29. The van der Waals surface area contributed by atoms with Crippen molar-refractivity contribution in [1.82, 2.24) is 5.32 Å². The lowest BCUT2D eigenvalue weighted by Gasteiger charge is -2.23. The predicted molar refractivity (Wildman–Crippen MR) is 227 cm³/mol. The van der Waals surface area contributed by atoms with Crippen LogP contribution in [-0.2, 0) is 6.42 Å². The first-order valence-corrected chi connectivity index (χ1v) is 19.8. The molecule has 1 atom stereocenters. The fourth-order valence-corrected chi connectivity index (χ4v) is 6.80. The van der Waals surface area contributed by atoms with E-state index in [0.717, 1.165) is 43.3 Å². The monoisotopic (exact) mass is 676 g/mol. The molecule has 1 aliphatic rings. The molecule has 0 bridgehead atoms. The van der Waals surface area contributed by atoms with Crippen LogP contribution in [0.4, 0.5) is 0 Å². The van der Waals surface area contributed by atoms with E-state index < -0.39 is 0 Å². The second-order valence-electron chi connectivity index (χ2n) is 13.7. The largest absolute Gasteiger partial charge is 0.385 e. The molecule has 1 nitrogen and oxygen atoms in total. The van der Waals surface area contributed by atoms with E-state index in [9.17, 15) is 0 Å². The zero-order valence-electron chi connectivity index (χ0n) is 33.1. The van der Waals surface area contributed by atoms with Crippen LogP contribution < -0.4 is 5.32 Å². The van der Waals surface area contributed by atoms with E-state index in [2.05, 4.69) is 158 Å². The smallest absolute Gasteiger partial charge is 0.0340 e. The highest BCUT2D eigenvalue weighted by Gasteiger charge is 2.15. The first-order valence-electron chi connectivity index (χ1n) is 19.8. The summed E-state index contributed by atoms with van der Waals surface area (Å²) in [6.45, 7) is 28.4. The van der Waals surface area contributed by atoms with Gasteiger partial charge >= 0.3 is 0 Å². The fraction of sp³-hybridized carbons (Fsp3) is 0.469. The lowest BCUT2D eigenvalue weighted by Crippen LogP contribution is -2.21. The Bertz CT molecular complexity index is 1270. The maximum Gasteiger partial charge on any atom is 0.0340 e. The molecular weight excluding hydrogens is 603 g/mol. The molecule has 0 radical (unpaired) electrons. The molecule has 3 aromatic rings. The van der Waals surface area contributed by atoms with Gasteiger partial charge in [-0.2, -0.15) is 0 Å². The topological polar surface area (TPSA) is 12.0 Å². The summed E-state index contributed by atoms with van der Waals surface area (Å²) in [6, 6.07) is 28.4. The summed E-state index contributed by atoms with van der Waals surface area (Å²) < 4.78 is 0. The molecule has 1 unspecified atom stereocenters. The van der Waals surface area contributed by atoms with E-state index in [4.69, 9.17) is 0 Å². The van der Waals surface area contributed by atoms with Crippen LogP contribution in [0.25, 0.3) is 5.70 Å². The Morgan fingerprint density at radius 3 is 1.86 bits per heavy atom. The van der Waals surface area contributed by atoms with Crippen molar-refractivity contribution >= 4 is 5.70 Å². The Hall–Kier alpha value is -3.58. The van der Waals surface area contributed by atoms with Gasteiger partial charge in [0.25, 0.3) is 0 Å². The van der Waals surface area contributed by atoms with Crippen LogP contribution in [0.3, 0.4) is 0 Å². The Balaban J connectivity index is 0.000000421. The first-order chi connectivity index (χ1) is 24.4. The second-order valence-corrected chi connectivity index (χ2v) is 13.7. The van der Waals surface area contributed by atoms with Gasteiger partial charge in [-0.25, -0.2) is 0 Å². The quantitative estimate of drug-likeness (QED) is 0.118. The molecule has 0 saturated heterocycles. The van der Waals surface area contributed by atoms with Crippen molar-refractivity contribution in [3.8, 4) is 0 Å². The van der Waals surface area contributed by atoms with Gasteiger partial charge < -0.3 is 5.32 Å². The number of aryl methyl sites for hydroxylation is 1. The third kappa shape index (κ3) is 17.4. The third-order valence-corrected chi connectivity index (χ3v) is 10.0. The summed E-state index contributed by atoms with van der Waals surface area (Å²) in [6.07, 6.45) is 21.1. The number of nitrogens with one attached hydrogen (secondary N) is 1. The summed E-state index contributed by atoms with van der Waals surface area (Å²) in [7, 11) is 0. The van der Waals surface area contributed by atoms with Gasteiger partial charge in [-0.3, -0.25) is 0 Å². The van der Waals surface area contributed by atoms with Crippen LogP contribution in [0.5, 0.6) is 0 Å². The highest BCUT2D eigenvalue weighted by atomic mass is 14.9. The van der Waals surface area contributed by atoms with E-state index in [0.29, 0.717) is 5.92 Å². The predicted octanol–water partition coefficient (Wildman–Crippen LogP) is 14.8. The number of allylic oxidation sites excluding steroid dienone is 3. The number of hydrogen-bond acceptors (Lipinski definition) is 1. The summed E-state index contributed by atoms with van der Waals surface area (Å²) in [5, 5.41) is 3.59. The van der Waals surface area contributed by atoms with Gasteiger partial charge in [-0.15, -0.1) is 13.2 Å². The van der Waals surface area contributed by atoms with Crippen LogP contribution in [0.1, 0.15) is 145 Å². The Morgan fingerprint density at radius 2 is 1.42 bits per heavy atom. The molecule has 50 heavy (non-hydrogen) atoms. The van der Waals surface area contributed by atoms with Crippen molar-refractivity contribution in [3.63, 3.8) is 0 Å². The molecular formula is C49H73N. The minimum absolute atomic E-state index is 0.535. The van der Waals surface area contributed by atoms with Crippen LogP contribution in [-0.4, -0.2) is 6.54 Å². The second kappa shape index (κ2) is 28.2. The van der Waals surface area contributed by atoms with Crippen molar-refractivity contribution in [2.24, 2.45) is 11.8 Å². The van der Waals surface area contributed by atoms with Gasteiger partial charge in [0.15, 0.2) is 0 Å². The van der Waals surface area contributed by atoms with E-state index in [1.54, 1.807) is 0 Å². The summed E-state index contributed by atoms with van der Waals surface area (Å²) in [4.78, 5) is 0. The number of hydrogen-bond donors (Lipinski definition) is 1. The molecule has 1 saturated carbocycles. The molecule has 0 amide bonds. The zero-order valence-corrected chi connectivity index (χ0v) is 33.1. The normalized spacial score (nSPS) is 13.4. The van der Waals surface area contributed by atoms with Crippen molar-refractivity contribution in [1.29, 1.82) is 0 Å². The van der Waals surface area contributed by atoms with E-state index >= 15 is 0 Å². The minimum Gasteiger partial charge on any atom is -0.385 e. The summed E-state index contributed by atoms with van der Waals surface area (Å²) >= 11 is 0. The molecule has 1 fully saturated rings. The molecule has 0 aromatic heterocycles. The van der Waals surface area contributed by atoms with Gasteiger partial charge in [-0.1, -0.05) is 190 Å². The average Bonchev–Trinajstić information content (AvgIpc) is 3.17. The first kappa shape index (κ1) is 44.4. The molecule has 1 heteroatoms. The zero-order chi connectivity index (χ0) is 37.0. The van der Waals surface area contributed by atoms with Crippen molar-refractivity contribution in [3.05, 3.63) is 151 Å². The standard InChI is InChI=1S/C24H39N.C15H16.C8H14.C2H4/c1-5-7-11-21(6-2)18-25-20(4)24-15-14-23(19(3)16-24)17-22-12-9-8-10-13-22;1-2-15(13-9-5-3-6-10-13)14-11-7-4-8-12-14;1-4-7-8(5-2)6-3;1-2/h14-16,21-22,25H,4-13,17-18H2,1-3H3;3-12,15H,2H2,1H3;5,7H,2,4,6H2,1,3H3;1-2H2/b;;8-7+;. The molecule has 0 aliphatic heterocycles. The van der Waals surface area contributed by atoms with E-state index in [1.807, 2.05) is 6.08 Å². The van der Waals surface area contributed by atoms with Crippen LogP contribution in [0, 0.1) is 18.8 Å². The Labute approximate surface area is 310 Å². The highest BCUT2D eigenvalue weighted by molar-refractivity contribution is 5.62. The van der Waals surface area contributed by atoms with Crippen LogP contribution in [0.2, 0.25) is 0 Å². The maximum absolute atomic E-state index is 4.29. The molecule has 1 aliphatic carbocycles. The molecule has 274 valence electrons. The SMILES string of the molecule is C=C.C=C(NCC(CC)CCCC)c1ccc(CC2CCCCC2)c(C)c1.C=C/C(=C\CC)CC.CCC(c1ccccc1)c1ccccc1. The number of rotatable bonds is 16. The van der Waals surface area contributed by atoms with E-state index in [1.165, 1.54) is 97.6 Å². The minimum atomic E-state index is 0.535. The Kier molecular flexibility index (Phi) is 25.0. The van der Waals surface area contributed by atoms with Gasteiger partial charge in [0.1, 0.15) is 0 Å². The molecule has 1 N–H and O–H groups in total. The summed E-state index contributed by atoms with van der Waals surface area (Å²) in [5.74, 6) is 2.21. The van der Waals surface area contributed by atoms with Gasteiger partial charge in [-0.05, 0) is 84.7 Å². The molecule has 4 rings (SSSR count).